The third-order valence-electron chi connectivity index (χ3n) is 3.39. The number of aryl methyl sites for hydroxylation is 1. The molecule has 0 saturated carbocycles. The van der Waals surface area contributed by atoms with Crippen LogP contribution in [0, 0.1) is 0 Å². The highest BCUT2D eigenvalue weighted by atomic mass is 79.9. The molecule has 2 aromatic carbocycles. The van der Waals surface area contributed by atoms with Crippen LogP contribution in [0.25, 0.3) is 0 Å². The Morgan fingerprint density at radius 1 is 1.10 bits per heavy atom. The van der Waals surface area contributed by atoms with E-state index in [0.29, 0.717) is 0 Å². The first-order valence-electron chi connectivity index (χ1n) is 6.86. The van der Waals surface area contributed by atoms with Crippen LogP contribution in [0.3, 0.4) is 0 Å². The van der Waals surface area contributed by atoms with Gasteiger partial charge in [0.15, 0.2) is 0 Å². The monoisotopic (exact) mass is 395 g/mol. The average Bonchev–Trinajstić information content (AvgIpc) is 2.43. The van der Waals surface area contributed by atoms with Gasteiger partial charge in [-0.15, -0.1) is 0 Å². The Morgan fingerprint density at radius 2 is 1.90 bits per heavy atom. The Bertz CT molecular complexity index is 581. The quantitative estimate of drug-likeness (QED) is 0.706. The molecule has 1 atom stereocenters. The molecule has 1 nitrogen and oxygen atoms in total. The summed E-state index contributed by atoms with van der Waals surface area (Å²) in [6.07, 6.45) is 2.31. The zero-order valence-corrected chi connectivity index (χ0v) is 15.0. The molecule has 0 heterocycles. The largest absolute Gasteiger partial charge is 0.309 e. The number of hydrogen-bond acceptors (Lipinski definition) is 1. The van der Waals surface area contributed by atoms with E-state index in [-0.39, 0.29) is 6.04 Å². The molecule has 0 spiro atoms. The van der Waals surface area contributed by atoms with Gasteiger partial charge in [0.2, 0.25) is 0 Å². The van der Waals surface area contributed by atoms with Crippen LogP contribution in [0.5, 0.6) is 0 Å². The van der Waals surface area contributed by atoms with Crippen molar-refractivity contribution in [1.82, 2.24) is 5.32 Å². The topological polar surface area (TPSA) is 12.0 Å². The Kier molecular flexibility index (Phi) is 5.82. The molecular formula is C17H19Br2N. The van der Waals surface area contributed by atoms with E-state index in [4.69, 9.17) is 0 Å². The lowest BCUT2D eigenvalue weighted by molar-refractivity contribution is 0.687. The van der Waals surface area contributed by atoms with Crippen molar-refractivity contribution in [1.29, 1.82) is 0 Å². The maximum atomic E-state index is 3.67. The van der Waals surface area contributed by atoms with Crippen LogP contribution < -0.4 is 5.32 Å². The van der Waals surface area contributed by atoms with E-state index in [1.54, 1.807) is 0 Å². The number of hydrogen-bond donors (Lipinski definition) is 1. The molecule has 106 valence electrons. The highest BCUT2D eigenvalue weighted by Crippen LogP contribution is 2.31. The lowest BCUT2D eigenvalue weighted by Crippen LogP contribution is -2.18. The first-order chi connectivity index (χ1) is 9.65. The summed E-state index contributed by atoms with van der Waals surface area (Å²) < 4.78 is 2.20. The molecule has 0 fully saturated rings. The molecule has 1 N–H and O–H groups in total. The Balaban J connectivity index is 2.38. The fourth-order valence-electron chi connectivity index (χ4n) is 2.45. The number of rotatable bonds is 5. The fraction of sp³-hybridized carbons (Fsp3) is 0.294. The second kappa shape index (κ2) is 7.39. The molecule has 0 aliphatic heterocycles. The van der Waals surface area contributed by atoms with Crippen LogP contribution in [-0.4, -0.2) is 7.05 Å². The van der Waals surface area contributed by atoms with Gasteiger partial charge in [0.1, 0.15) is 0 Å². The van der Waals surface area contributed by atoms with Crippen molar-refractivity contribution in [2.45, 2.75) is 25.8 Å². The average molecular weight is 397 g/mol. The van der Waals surface area contributed by atoms with E-state index in [0.717, 1.165) is 15.4 Å². The van der Waals surface area contributed by atoms with Crippen molar-refractivity contribution in [3.8, 4) is 0 Å². The molecular weight excluding hydrogens is 378 g/mol. The SMILES string of the molecule is CCCc1cccc(C(NC)c2ccc(Br)cc2Br)c1. The minimum absolute atomic E-state index is 0.203. The summed E-state index contributed by atoms with van der Waals surface area (Å²) in [6.45, 7) is 2.22. The molecule has 1 unspecified atom stereocenters. The van der Waals surface area contributed by atoms with Crippen molar-refractivity contribution >= 4 is 31.9 Å². The van der Waals surface area contributed by atoms with Gasteiger partial charge in [0.05, 0.1) is 6.04 Å². The van der Waals surface area contributed by atoms with Gasteiger partial charge in [-0.25, -0.2) is 0 Å². The minimum atomic E-state index is 0.203. The van der Waals surface area contributed by atoms with Crippen molar-refractivity contribution in [3.05, 3.63) is 68.1 Å². The lowest BCUT2D eigenvalue weighted by Gasteiger charge is -2.19. The zero-order chi connectivity index (χ0) is 14.5. The van der Waals surface area contributed by atoms with Crippen molar-refractivity contribution in [3.63, 3.8) is 0 Å². The molecule has 0 aliphatic rings. The molecule has 2 rings (SSSR count). The van der Waals surface area contributed by atoms with E-state index in [2.05, 4.69) is 86.6 Å². The van der Waals surface area contributed by atoms with E-state index < -0.39 is 0 Å². The molecule has 0 aliphatic carbocycles. The first-order valence-corrected chi connectivity index (χ1v) is 8.45. The second-order valence-corrected chi connectivity index (χ2v) is 6.65. The normalized spacial score (nSPS) is 12.4. The molecule has 0 bridgehead atoms. The Morgan fingerprint density at radius 3 is 2.55 bits per heavy atom. The molecule has 2 aromatic rings. The molecule has 0 radical (unpaired) electrons. The van der Waals surface area contributed by atoms with E-state index >= 15 is 0 Å². The van der Waals surface area contributed by atoms with Gasteiger partial charge in [-0.2, -0.15) is 0 Å². The fourth-order valence-corrected chi connectivity index (χ4v) is 3.73. The van der Waals surface area contributed by atoms with Crippen LogP contribution in [0.4, 0.5) is 0 Å². The van der Waals surface area contributed by atoms with Gasteiger partial charge in [-0.1, -0.05) is 75.5 Å². The van der Waals surface area contributed by atoms with E-state index in [1.807, 2.05) is 7.05 Å². The number of halogens is 2. The summed E-state index contributed by atoms with van der Waals surface area (Å²) in [5.41, 5.74) is 3.96. The van der Waals surface area contributed by atoms with Crippen molar-refractivity contribution in [2.75, 3.05) is 7.05 Å². The highest BCUT2D eigenvalue weighted by molar-refractivity contribution is 9.11. The summed E-state index contributed by atoms with van der Waals surface area (Å²) in [5.74, 6) is 0. The van der Waals surface area contributed by atoms with Crippen molar-refractivity contribution < 1.29 is 0 Å². The minimum Gasteiger partial charge on any atom is -0.309 e. The van der Waals surface area contributed by atoms with Gasteiger partial charge < -0.3 is 5.32 Å². The number of nitrogens with one attached hydrogen (secondary N) is 1. The summed E-state index contributed by atoms with van der Waals surface area (Å²) in [6, 6.07) is 15.4. The van der Waals surface area contributed by atoms with E-state index in [1.165, 1.54) is 23.1 Å². The second-order valence-electron chi connectivity index (χ2n) is 4.88. The van der Waals surface area contributed by atoms with Gasteiger partial charge in [0, 0.05) is 8.95 Å². The van der Waals surface area contributed by atoms with Crippen LogP contribution >= 0.6 is 31.9 Å². The van der Waals surface area contributed by atoms with Crippen LogP contribution in [0.15, 0.2) is 51.4 Å². The van der Waals surface area contributed by atoms with Gasteiger partial charge >= 0.3 is 0 Å². The summed E-state index contributed by atoms with van der Waals surface area (Å²) in [7, 11) is 2.01. The van der Waals surface area contributed by atoms with Gasteiger partial charge in [-0.3, -0.25) is 0 Å². The maximum absolute atomic E-state index is 3.67. The molecule has 0 aromatic heterocycles. The Labute approximate surface area is 138 Å². The first kappa shape index (κ1) is 15.7. The van der Waals surface area contributed by atoms with Crippen molar-refractivity contribution in [2.24, 2.45) is 0 Å². The van der Waals surface area contributed by atoms with Gasteiger partial charge in [0.25, 0.3) is 0 Å². The van der Waals surface area contributed by atoms with Crippen LogP contribution in [-0.2, 0) is 6.42 Å². The summed E-state index contributed by atoms with van der Waals surface area (Å²) in [4.78, 5) is 0. The zero-order valence-electron chi connectivity index (χ0n) is 11.8. The smallest absolute Gasteiger partial charge is 0.0585 e. The molecule has 3 heteroatoms. The third kappa shape index (κ3) is 3.72. The highest BCUT2D eigenvalue weighted by Gasteiger charge is 2.15. The van der Waals surface area contributed by atoms with Gasteiger partial charge in [-0.05, 0) is 42.3 Å². The number of benzene rings is 2. The molecule has 20 heavy (non-hydrogen) atoms. The van der Waals surface area contributed by atoms with Crippen LogP contribution in [0.2, 0.25) is 0 Å². The van der Waals surface area contributed by atoms with E-state index in [9.17, 15) is 0 Å². The standard InChI is InChI=1S/C17H19Br2N/c1-3-5-12-6-4-7-13(10-12)17(20-2)15-9-8-14(18)11-16(15)19/h4,6-11,17,20H,3,5H2,1-2H3. The predicted molar refractivity (Wildman–Crippen MR) is 93.2 cm³/mol. The molecule has 0 saturated heterocycles. The summed E-state index contributed by atoms with van der Waals surface area (Å²) in [5, 5.41) is 3.42. The lowest BCUT2D eigenvalue weighted by atomic mass is 9.96. The summed E-state index contributed by atoms with van der Waals surface area (Å²) >= 11 is 7.17. The van der Waals surface area contributed by atoms with Crippen LogP contribution in [0.1, 0.15) is 36.1 Å². The predicted octanol–water partition coefficient (Wildman–Crippen LogP) is 5.47. The Hall–Kier alpha value is -0.640. The molecule has 0 amide bonds. The maximum Gasteiger partial charge on any atom is 0.0585 e. The third-order valence-corrected chi connectivity index (χ3v) is 4.57.